The fraction of sp³-hybridized carbons (Fsp3) is 0.875. The molecule has 0 radical (unpaired) electrons. The molecule has 1 spiro atoms. The SMILES string of the molecule is C=CCC1O[C@@H]([C@H](O)CO)C2OC3(CCCCC3)OC2C1O. The highest BCUT2D eigenvalue weighted by molar-refractivity contribution is 5.03. The lowest BCUT2D eigenvalue weighted by atomic mass is 9.91. The predicted octanol–water partition coefficient (Wildman–Crippen LogP) is 0.488. The van der Waals surface area contributed by atoms with Gasteiger partial charge in [-0.05, 0) is 19.3 Å². The maximum atomic E-state index is 10.5. The van der Waals surface area contributed by atoms with Gasteiger partial charge in [-0.15, -0.1) is 6.58 Å². The molecule has 22 heavy (non-hydrogen) atoms. The van der Waals surface area contributed by atoms with E-state index < -0.39 is 49.0 Å². The molecule has 3 N–H and O–H groups in total. The summed E-state index contributed by atoms with van der Waals surface area (Å²) in [4.78, 5) is 0. The molecule has 1 aliphatic carbocycles. The van der Waals surface area contributed by atoms with Crippen molar-refractivity contribution in [3.63, 3.8) is 0 Å². The van der Waals surface area contributed by atoms with Gasteiger partial charge < -0.3 is 29.5 Å². The molecule has 0 aromatic carbocycles. The first-order valence-electron chi connectivity index (χ1n) is 8.19. The average Bonchev–Trinajstić information content (AvgIpc) is 2.89. The van der Waals surface area contributed by atoms with Crippen LogP contribution in [0.1, 0.15) is 38.5 Å². The van der Waals surface area contributed by atoms with Crippen LogP contribution in [0.15, 0.2) is 12.7 Å². The van der Waals surface area contributed by atoms with E-state index in [1.165, 1.54) is 0 Å². The topological polar surface area (TPSA) is 88.4 Å². The molecule has 0 aromatic heterocycles. The van der Waals surface area contributed by atoms with Gasteiger partial charge in [0.25, 0.3) is 0 Å². The maximum absolute atomic E-state index is 10.5. The Bertz CT molecular complexity index is 394. The molecule has 3 fully saturated rings. The molecule has 4 unspecified atom stereocenters. The number of hydrogen-bond donors (Lipinski definition) is 3. The summed E-state index contributed by atoms with van der Waals surface area (Å²) in [6.45, 7) is 3.26. The summed E-state index contributed by atoms with van der Waals surface area (Å²) < 4.78 is 18.1. The van der Waals surface area contributed by atoms with Crippen LogP contribution in [0.3, 0.4) is 0 Å². The summed E-state index contributed by atoms with van der Waals surface area (Å²) >= 11 is 0. The molecule has 6 heteroatoms. The van der Waals surface area contributed by atoms with Crippen molar-refractivity contribution >= 4 is 0 Å². The minimum absolute atomic E-state index is 0.416. The summed E-state index contributed by atoms with van der Waals surface area (Å²) in [6.07, 6.45) is 2.72. The molecule has 3 rings (SSSR count). The molecular formula is C16H26O6. The van der Waals surface area contributed by atoms with E-state index in [1.807, 2.05) is 0 Å². The molecule has 2 heterocycles. The van der Waals surface area contributed by atoms with Crippen molar-refractivity contribution in [2.24, 2.45) is 0 Å². The van der Waals surface area contributed by atoms with E-state index in [4.69, 9.17) is 14.2 Å². The first kappa shape index (κ1) is 16.4. The number of hydrogen-bond acceptors (Lipinski definition) is 6. The average molecular weight is 314 g/mol. The molecule has 0 amide bonds. The quantitative estimate of drug-likeness (QED) is 0.655. The van der Waals surface area contributed by atoms with Gasteiger partial charge in [0.2, 0.25) is 0 Å². The minimum Gasteiger partial charge on any atom is -0.394 e. The molecule has 2 aliphatic heterocycles. The molecule has 2 saturated heterocycles. The van der Waals surface area contributed by atoms with E-state index >= 15 is 0 Å². The zero-order valence-corrected chi connectivity index (χ0v) is 12.8. The second kappa shape index (κ2) is 6.55. The molecule has 6 nitrogen and oxygen atoms in total. The lowest BCUT2D eigenvalue weighted by Gasteiger charge is -2.41. The van der Waals surface area contributed by atoms with Gasteiger partial charge in [0, 0.05) is 12.8 Å². The van der Waals surface area contributed by atoms with Gasteiger partial charge >= 0.3 is 0 Å². The van der Waals surface area contributed by atoms with Crippen molar-refractivity contribution in [2.75, 3.05) is 6.61 Å². The fourth-order valence-corrected chi connectivity index (χ4v) is 3.85. The van der Waals surface area contributed by atoms with Crippen LogP contribution in [-0.2, 0) is 14.2 Å². The molecular weight excluding hydrogens is 288 g/mol. The Morgan fingerprint density at radius 2 is 1.86 bits per heavy atom. The highest BCUT2D eigenvalue weighted by atomic mass is 16.8. The lowest BCUT2D eigenvalue weighted by Crippen LogP contribution is -2.59. The Kier molecular flexibility index (Phi) is 4.87. The summed E-state index contributed by atoms with van der Waals surface area (Å²) in [7, 11) is 0. The normalized spacial score (nSPS) is 42.0. The molecule has 0 aromatic rings. The van der Waals surface area contributed by atoms with Crippen LogP contribution in [0, 0.1) is 0 Å². The second-order valence-corrected chi connectivity index (χ2v) is 6.54. The van der Waals surface area contributed by atoms with Gasteiger partial charge in [-0.25, -0.2) is 0 Å². The van der Waals surface area contributed by atoms with Crippen LogP contribution in [0.25, 0.3) is 0 Å². The third-order valence-electron chi connectivity index (χ3n) is 4.98. The number of aliphatic hydroxyl groups is 3. The first-order valence-corrected chi connectivity index (χ1v) is 8.19. The van der Waals surface area contributed by atoms with Crippen LogP contribution in [0.4, 0.5) is 0 Å². The van der Waals surface area contributed by atoms with Crippen LogP contribution in [0.2, 0.25) is 0 Å². The van der Waals surface area contributed by atoms with Crippen LogP contribution >= 0.6 is 0 Å². The van der Waals surface area contributed by atoms with Gasteiger partial charge in [0.1, 0.15) is 30.5 Å². The zero-order valence-electron chi connectivity index (χ0n) is 12.8. The smallest absolute Gasteiger partial charge is 0.169 e. The third-order valence-corrected chi connectivity index (χ3v) is 4.98. The van der Waals surface area contributed by atoms with Gasteiger partial charge in [-0.3, -0.25) is 0 Å². The van der Waals surface area contributed by atoms with Crippen molar-refractivity contribution in [1.29, 1.82) is 0 Å². The number of fused-ring (bicyclic) bond motifs is 1. The molecule has 6 atom stereocenters. The molecule has 0 bridgehead atoms. The summed E-state index contributed by atoms with van der Waals surface area (Å²) in [6, 6.07) is 0. The summed E-state index contributed by atoms with van der Waals surface area (Å²) in [5.74, 6) is -0.672. The van der Waals surface area contributed by atoms with E-state index in [9.17, 15) is 15.3 Å². The predicted molar refractivity (Wildman–Crippen MR) is 78.1 cm³/mol. The van der Waals surface area contributed by atoms with E-state index in [-0.39, 0.29) is 0 Å². The Hall–Kier alpha value is -0.500. The number of aliphatic hydroxyl groups excluding tert-OH is 3. The first-order chi connectivity index (χ1) is 10.6. The van der Waals surface area contributed by atoms with E-state index in [1.54, 1.807) is 6.08 Å². The van der Waals surface area contributed by atoms with Crippen molar-refractivity contribution in [3.8, 4) is 0 Å². The fourth-order valence-electron chi connectivity index (χ4n) is 3.85. The second-order valence-electron chi connectivity index (χ2n) is 6.54. The maximum Gasteiger partial charge on any atom is 0.169 e. The highest BCUT2D eigenvalue weighted by Gasteiger charge is 2.58. The molecule has 1 saturated carbocycles. The van der Waals surface area contributed by atoms with Crippen molar-refractivity contribution in [1.82, 2.24) is 0 Å². The van der Waals surface area contributed by atoms with Crippen molar-refractivity contribution in [2.45, 2.75) is 80.9 Å². The summed E-state index contributed by atoms with van der Waals surface area (Å²) in [5, 5.41) is 29.9. The molecule has 126 valence electrons. The standard InChI is InChI=1S/C16H26O6/c1-2-6-11-12(19)14-15(13(20-11)10(18)9-17)22-16(21-14)7-4-3-5-8-16/h2,10-15,17-19H,1,3-9H2/t10-,11?,12?,13+,14?,15?/m1/s1. The van der Waals surface area contributed by atoms with E-state index in [0.717, 1.165) is 32.1 Å². The minimum atomic E-state index is -1.06. The van der Waals surface area contributed by atoms with Gasteiger partial charge in [-0.1, -0.05) is 12.5 Å². The monoisotopic (exact) mass is 314 g/mol. The van der Waals surface area contributed by atoms with Crippen LogP contribution in [0.5, 0.6) is 0 Å². The van der Waals surface area contributed by atoms with Gasteiger partial charge in [0.15, 0.2) is 5.79 Å². The Balaban J connectivity index is 1.82. The van der Waals surface area contributed by atoms with Crippen LogP contribution < -0.4 is 0 Å². The summed E-state index contributed by atoms with van der Waals surface area (Å²) in [5.41, 5.74) is 0. The zero-order chi connectivity index (χ0) is 15.7. The van der Waals surface area contributed by atoms with Crippen molar-refractivity contribution in [3.05, 3.63) is 12.7 Å². The highest BCUT2D eigenvalue weighted by Crippen LogP contribution is 2.45. The Morgan fingerprint density at radius 1 is 1.18 bits per heavy atom. The third kappa shape index (κ3) is 2.84. The number of rotatable bonds is 4. The van der Waals surface area contributed by atoms with Crippen LogP contribution in [-0.4, -0.2) is 64.3 Å². The Morgan fingerprint density at radius 3 is 2.50 bits per heavy atom. The van der Waals surface area contributed by atoms with Gasteiger partial charge in [0.05, 0.1) is 12.7 Å². The van der Waals surface area contributed by atoms with Crippen molar-refractivity contribution < 1.29 is 29.5 Å². The van der Waals surface area contributed by atoms with Gasteiger partial charge in [-0.2, -0.15) is 0 Å². The van der Waals surface area contributed by atoms with E-state index in [0.29, 0.717) is 6.42 Å². The number of ether oxygens (including phenoxy) is 3. The Labute approximate surface area is 130 Å². The van der Waals surface area contributed by atoms with E-state index in [2.05, 4.69) is 6.58 Å². The largest absolute Gasteiger partial charge is 0.394 e. The lowest BCUT2D eigenvalue weighted by molar-refractivity contribution is -0.217. The molecule has 3 aliphatic rings.